The summed E-state index contributed by atoms with van der Waals surface area (Å²) >= 11 is 0. The quantitative estimate of drug-likeness (QED) is 0.499. The van der Waals surface area contributed by atoms with Crippen molar-refractivity contribution in [1.82, 2.24) is 16.0 Å². The minimum atomic E-state index is -0.0306. The highest BCUT2D eigenvalue weighted by Gasteiger charge is 2.02. The molecule has 1 rings (SSSR count). The van der Waals surface area contributed by atoms with Crippen molar-refractivity contribution in [2.45, 2.75) is 26.8 Å². The summed E-state index contributed by atoms with van der Waals surface area (Å²) < 4.78 is 5.13. The fraction of sp³-hybridized carbons (Fsp3) is 0.500. The molecule has 0 aliphatic rings. The Balaban J connectivity index is 2.51. The van der Waals surface area contributed by atoms with E-state index in [9.17, 15) is 4.79 Å². The average molecular weight is 306 g/mol. The zero-order valence-electron chi connectivity index (χ0n) is 13.6. The normalized spacial score (nSPS) is 11.0. The van der Waals surface area contributed by atoms with E-state index in [1.165, 1.54) is 0 Å². The van der Waals surface area contributed by atoms with Gasteiger partial charge in [0, 0.05) is 13.1 Å². The predicted molar refractivity (Wildman–Crippen MR) is 89.1 cm³/mol. The van der Waals surface area contributed by atoms with Gasteiger partial charge in [-0.15, -0.1) is 0 Å². The number of carbonyl (C=O) groups excluding carboxylic acids is 1. The minimum absolute atomic E-state index is 0.0306. The van der Waals surface area contributed by atoms with E-state index >= 15 is 0 Å². The zero-order valence-corrected chi connectivity index (χ0v) is 13.6. The van der Waals surface area contributed by atoms with Gasteiger partial charge in [-0.2, -0.15) is 0 Å². The van der Waals surface area contributed by atoms with Crippen molar-refractivity contribution >= 4 is 11.9 Å². The number of hydrogen-bond acceptors (Lipinski definition) is 3. The number of carbonyl (C=O) groups is 1. The number of guanidine groups is 1. The van der Waals surface area contributed by atoms with Gasteiger partial charge in [0.2, 0.25) is 5.91 Å². The molecule has 0 radical (unpaired) electrons. The first-order valence-electron chi connectivity index (χ1n) is 7.61. The molecule has 0 unspecified atom stereocenters. The van der Waals surface area contributed by atoms with Gasteiger partial charge in [-0.1, -0.05) is 19.1 Å². The monoisotopic (exact) mass is 306 g/mol. The van der Waals surface area contributed by atoms with E-state index in [2.05, 4.69) is 20.9 Å². The van der Waals surface area contributed by atoms with E-state index in [4.69, 9.17) is 4.74 Å². The predicted octanol–water partition coefficient (Wildman–Crippen LogP) is 1.28. The molecule has 0 aliphatic heterocycles. The third-order valence-corrected chi connectivity index (χ3v) is 2.91. The number of hydrogen-bond donors (Lipinski definition) is 3. The number of benzene rings is 1. The Labute approximate surface area is 132 Å². The lowest BCUT2D eigenvalue weighted by molar-refractivity contribution is -0.120. The van der Waals surface area contributed by atoms with Crippen LogP contribution in [-0.4, -0.2) is 38.6 Å². The van der Waals surface area contributed by atoms with Gasteiger partial charge in [-0.05, 0) is 31.0 Å². The number of ether oxygens (including phenoxy) is 1. The fourth-order valence-corrected chi connectivity index (χ4v) is 1.73. The molecule has 0 saturated carbocycles. The number of aliphatic imine (C=N–C) groups is 1. The molecule has 0 aromatic heterocycles. The van der Waals surface area contributed by atoms with Crippen molar-refractivity contribution in [2.75, 3.05) is 26.7 Å². The maximum atomic E-state index is 11.6. The lowest BCUT2D eigenvalue weighted by atomic mass is 10.2. The summed E-state index contributed by atoms with van der Waals surface area (Å²) in [5.41, 5.74) is 1.08. The van der Waals surface area contributed by atoms with Crippen molar-refractivity contribution in [1.29, 1.82) is 0 Å². The molecule has 6 heteroatoms. The van der Waals surface area contributed by atoms with Crippen LogP contribution in [0.2, 0.25) is 0 Å². The van der Waals surface area contributed by atoms with Crippen LogP contribution in [0.15, 0.2) is 29.3 Å². The second-order valence-corrected chi connectivity index (χ2v) is 4.75. The summed E-state index contributed by atoms with van der Waals surface area (Å²) in [5, 5.41) is 8.96. The molecule has 22 heavy (non-hydrogen) atoms. The molecule has 1 amide bonds. The second kappa shape index (κ2) is 10.5. The van der Waals surface area contributed by atoms with E-state index < -0.39 is 0 Å². The Bertz CT molecular complexity index is 472. The van der Waals surface area contributed by atoms with Crippen LogP contribution in [0.4, 0.5) is 0 Å². The molecule has 122 valence electrons. The molecule has 1 aromatic rings. The molecule has 0 bridgehead atoms. The first-order valence-corrected chi connectivity index (χ1v) is 7.61. The van der Waals surface area contributed by atoms with E-state index in [1.807, 2.05) is 38.1 Å². The van der Waals surface area contributed by atoms with Gasteiger partial charge < -0.3 is 20.7 Å². The summed E-state index contributed by atoms with van der Waals surface area (Å²) in [6.07, 6.45) is 0.928. The van der Waals surface area contributed by atoms with Gasteiger partial charge in [0.05, 0.1) is 20.2 Å². The van der Waals surface area contributed by atoms with Crippen LogP contribution in [0.5, 0.6) is 5.75 Å². The van der Waals surface area contributed by atoms with Gasteiger partial charge >= 0.3 is 0 Å². The maximum absolute atomic E-state index is 11.6. The van der Waals surface area contributed by atoms with E-state index in [0.29, 0.717) is 19.0 Å². The second-order valence-electron chi connectivity index (χ2n) is 4.75. The standard InChI is InChI=1S/C16H26N4O2/c1-4-10-18-15(21)12-20-16(17-5-2)19-11-13-6-8-14(22-3)9-7-13/h6-9H,4-5,10-12H2,1-3H3,(H,18,21)(H2,17,19,20). The Morgan fingerprint density at radius 2 is 1.86 bits per heavy atom. The Morgan fingerprint density at radius 1 is 1.14 bits per heavy atom. The molecule has 0 fully saturated rings. The molecule has 1 aromatic carbocycles. The van der Waals surface area contributed by atoms with E-state index in [1.54, 1.807) is 7.11 Å². The van der Waals surface area contributed by atoms with Crippen molar-refractivity contribution in [2.24, 2.45) is 4.99 Å². The summed E-state index contributed by atoms with van der Waals surface area (Å²) in [4.78, 5) is 16.1. The van der Waals surface area contributed by atoms with Crippen LogP contribution in [0.1, 0.15) is 25.8 Å². The highest BCUT2D eigenvalue weighted by atomic mass is 16.5. The molecular formula is C16H26N4O2. The fourth-order valence-electron chi connectivity index (χ4n) is 1.73. The average Bonchev–Trinajstić information content (AvgIpc) is 2.55. The highest BCUT2D eigenvalue weighted by Crippen LogP contribution is 2.11. The molecule has 0 atom stereocenters. The largest absolute Gasteiger partial charge is 0.497 e. The Hall–Kier alpha value is -2.24. The lowest BCUT2D eigenvalue weighted by Gasteiger charge is -2.11. The van der Waals surface area contributed by atoms with Crippen molar-refractivity contribution in [3.8, 4) is 5.75 Å². The minimum Gasteiger partial charge on any atom is -0.497 e. The molecule has 0 heterocycles. The Kier molecular flexibility index (Phi) is 8.49. The maximum Gasteiger partial charge on any atom is 0.239 e. The van der Waals surface area contributed by atoms with Crippen LogP contribution >= 0.6 is 0 Å². The summed E-state index contributed by atoms with van der Waals surface area (Å²) in [6.45, 7) is 6.20. The third-order valence-electron chi connectivity index (χ3n) is 2.91. The van der Waals surface area contributed by atoms with E-state index in [0.717, 1.165) is 24.3 Å². The van der Waals surface area contributed by atoms with Crippen molar-refractivity contribution in [3.63, 3.8) is 0 Å². The lowest BCUT2D eigenvalue weighted by Crippen LogP contribution is -2.43. The molecular weight excluding hydrogens is 280 g/mol. The van der Waals surface area contributed by atoms with Crippen LogP contribution in [0.3, 0.4) is 0 Å². The van der Waals surface area contributed by atoms with Gasteiger partial charge in [0.25, 0.3) is 0 Å². The SMILES string of the molecule is CCCNC(=O)CNC(=NCc1ccc(OC)cc1)NCC. The summed E-state index contributed by atoms with van der Waals surface area (Å²) in [5.74, 6) is 1.42. The van der Waals surface area contributed by atoms with Gasteiger partial charge in [-0.25, -0.2) is 4.99 Å². The number of rotatable bonds is 8. The molecule has 0 aliphatic carbocycles. The third kappa shape index (κ3) is 6.97. The molecule has 6 nitrogen and oxygen atoms in total. The van der Waals surface area contributed by atoms with Crippen LogP contribution in [0.25, 0.3) is 0 Å². The van der Waals surface area contributed by atoms with Gasteiger partial charge in [0.1, 0.15) is 5.75 Å². The van der Waals surface area contributed by atoms with Gasteiger partial charge in [0.15, 0.2) is 5.96 Å². The molecule has 3 N–H and O–H groups in total. The zero-order chi connectivity index (χ0) is 16.2. The van der Waals surface area contributed by atoms with E-state index in [-0.39, 0.29) is 12.5 Å². The topological polar surface area (TPSA) is 74.8 Å². The van der Waals surface area contributed by atoms with Crippen molar-refractivity contribution in [3.05, 3.63) is 29.8 Å². The summed E-state index contributed by atoms with van der Waals surface area (Å²) in [7, 11) is 1.64. The van der Waals surface area contributed by atoms with Gasteiger partial charge in [-0.3, -0.25) is 4.79 Å². The molecule has 0 spiro atoms. The first kappa shape index (κ1) is 17.8. The smallest absolute Gasteiger partial charge is 0.239 e. The van der Waals surface area contributed by atoms with Crippen LogP contribution in [0, 0.1) is 0 Å². The highest BCUT2D eigenvalue weighted by molar-refractivity contribution is 5.86. The first-order chi connectivity index (χ1) is 10.7. The number of methoxy groups -OCH3 is 1. The molecule has 0 saturated heterocycles. The number of amides is 1. The van der Waals surface area contributed by atoms with Crippen LogP contribution < -0.4 is 20.7 Å². The summed E-state index contributed by atoms with van der Waals surface area (Å²) in [6, 6.07) is 7.76. The Morgan fingerprint density at radius 3 is 2.45 bits per heavy atom. The van der Waals surface area contributed by atoms with Crippen LogP contribution in [-0.2, 0) is 11.3 Å². The number of nitrogens with one attached hydrogen (secondary N) is 3. The number of nitrogens with zero attached hydrogens (tertiary/aromatic N) is 1. The van der Waals surface area contributed by atoms with Crippen molar-refractivity contribution < 1.29 is 9.53 Å².